The van der Waals surface area contributed by atoms with Crippen LogP contribution in [0.25, 0.3) is 0 Å². The minimum Gasteiger partial charge on any atom is -0.497 e. The Balaban J connectivity index is 2.12. The van der Waals surface area contributed by atoms with Crippen molar-refractivity contribution >= 4 is 21.6 Å². The molecule has 2 aromatic carbocycles. The predicted molar refractivity (Wildman–Crippen MR) is 108 cm³/mol. The van der Waals surface area contributed by atoms with Crippen molar-refractivity contribution in [1.29, 1.82) is 0 Å². The fraction of sp³-hybridized carbons (Fsp3) is 0.350. The number of benzene rings is 2. The molecule has 0 fully saturated rings. The summed E-state index contributed by atoms with van der Waals surface area (Å²) >= 11 is 0. The lowest BCUT2D eigenvalue weighted by Crippen LogP contribution is -2.46. The number of aliphatic hydroxyl groups excluding tert-OH is 1. The van der Waals surface area contributed by atoms with Gasteiger partial charge in [-0.05, 0) is 47.4 Å². The molecule has 0 saturated carbocycles. The molecule has 0 aromatic heterocycles. The highest BCUT2D eigenvalue weighted by Gasteiger charge is 2.26. The van der Waals surface area contributed by atoms with E-state index >= 15 is 0 Å². The van der Waals surface area contributed by atoms with Gasteiger partial charge in [0.15, 0.2) is 0 Å². The highest BCUT2D eigenvalue weighted by Crippen LogP contribution is 2.23. The molecule has 8 heteroatoms. The Bertz CT molecular complexity index is 901. The van der Waals surface area contributed by atoms with Gasteiger partial charge >= 0.3 is 0 Å². The average Bonchev–Trinajstić information content (AvgIpc) is 2.66. The van der Waals surface area contributed by atoms with E-state index in [0.717, 1.165) is 5.56 Å². The van der Waals surface area contributed by atoms with Crippen LogP contribution >= 0.6 is 0 Å². The number of ether oxygens (including phenoxy) is 1. The van der Waals surface area contributed by atoms with Crippen molar-refractivity contribution in [3.63, 3.8) is 0 Å². The Labute approximate surface area is 165 Å². The van der Waals surface area contributed by atoms with E-state index in [1.807, 2.05) is 20.8 Å². The van der Waals surface area contributed by atoms with E-state index in [-0.39, 0.29) is 10.3 Å². The molecule has 28 heavy (non-hydrogen) atoms. The Hall–Kier alpha value is -2.42. The second kappa shape index (κ2) is 8.72. The molecule has 2 aromatic rings. The predicted octanol–water partition coefficient (Wildman–Crippen LogP) is 2.27. The molecule has 0 aliphatic rings. The third-order valence-electron chi connectivity index (χ3n) is 4.18. The average molecular weight is 407 g/mol. The van der Waals surface area contributed by atoms with Crippen molar-refractivity contribution in [1.82, 2.24) is 4.72 Å². The van der Waals surface area contributed by atoms with Crippen molar-refractivity contribution in [3.8, 4) is 5.75 Å². The molecule has 0 bridgehead atoms. The fourth-order valence-corrected chi connectivity index (χ4v) is 3.65. The summed E-state index contributed by atoms with van der Waals surface area (Å²) in [4.78, 5) is 12.4. The molecule has 152 valence electrons. The largest absolute Gasteiger partial charge is 0.497 e. The van der Waals surface area contributed by atoms with Gasteiger partial charge in [0.25, 0.3) is 0 Å². The highest BCUT2D eigenvalue weighted by atomic mass is 32.2. The first kappa shape index (κ1) is 21.9. The van der Waals surface area contributed by atoms with Gasteiger partial charge in [0.2, 0.25) is 15.9 Å². The molecule has 0 aliphatic carbocycles. The fourth-order valence-electron chi connectivity index (χ4n) is 2.47. The number of methoxy groups -OCH3 is 1. The molecule has 1 atom stereocenters. The van der Waals surface area contributed by atoms with Crippen LogP contribution in [-0.2, 0) is 20.2 Å². The van der Waals surface area contributed by atoms with Gasteiger partial charge in [-0.1, -0.05) is 32.9 Å². The van der Waals surface area contributed by atoms with Gasteiger partial charge in [0, 0.05) is 5.69 Å². The number of rotatable bonds is 7. The first-order valence-electron chi connectivity index (χ1n) is 8.75. The van der Waals surface area contributed by atoms with Gasteiger partial charge < -0.3 is 15.2 Å². The van der Waals surface area contributed by atoms with Crippen LogP contribution in [0.1, 0.15) is 26.3 Å². The molecule has 7 nitrogen and oxygen atoms in total. The standard InChI is InChI=1S/C20H26N2O5S/c1-20(2,3)14-5-11-17(12-6-14)28(25,26)22-18(13-23)19(24)21-15-7-9-16(27-4)10-8-15/h5-12,18,22-23H,13H2,1-4H3,(H,21,24). The number of amides is 1. The minimum absolute atomic E-state index is 0.0243. The second-order valence-electron chi connectivity index (χ2n) is 7.35. The maximum absolute atomic E-state index is 12.6. The summed E-state index contributed by atoms with van der Waals surface area (Å²) in [5, 5.41) is 12.1. The van der Waals surface area contributed by atoms with Crippen molar-refractivity contribution < 1.29 is 23.1 Å². The number of nitrogens with one attached hydrogen (secondary N) is 2. The summed E-state index contributed by atoms with van der Waals surface area (Å²) in [5.74, 6) is -0.0429. The monoisotopic (exact) mass is 406 g/mol. The zero-order valence-electron chi connectivity index (χ0n) is 16.4. The summed E-state index contributed by atoms with van der Waals surface area (Å²) in [6.07, 6.45) is 0. The maximum atomic E-state index is 12.6. The van der Waals surface area contributed by atoms with E-state index in [1.54, 1.807) is 36.4 Å². The van der Waals surface area contributed by atoms with Crippen LogP contribution in [0.4, 0.5) is 5.69 Å². The van der Waals surface area contributed by atoms with E-state index in [4.69, 9.17) is 4.74 Å². The first-order chi connectivity index (χ1) is 13.1. The molecule has 3 N–H and O–H groups in total. The number of anilines is 1. The zero-order chi connectivity index (χ0) is 20.9. The number of carbonyl (C=O) groups excluding carboxylic acids is 1. The van der Waals surface area contributed by atoms with Crippen LogP contribution in [0.5, 0.6) is 5.75 Å². The Kier molecular flexibility index (Phi) is 6.82. The van der Waals surface area contributed by atoms with Crippen LogP contribution < -0.4 is 14.8 Å². The van der Waals surface area contributed by atoms with Crippen molar-refractivity contribution in [2.45, 2.75) is 37.1 Å². The smallest absolute Gasteiger partial charge is 0.244 e. The van der Waals surface area contributed by atoms with E-state index in [9.17, 15) is 18.3 Å². The molecular weight excluding hydrogens is 380 g/mol. The van der Waals surface area contributed by atoms with Gasteiger partial charge in [-0.25, -0.2) is 8.42 Å². The molecule has 0 radical (unpaired) electrons. The van der Waals surface area contributed by atoms with Gasteiger partial charge in [-0.15, -0.1) is 0 Å². The molecule has 1 unspecified atom stereocenters. The van der Waals surface area contributed by atoms with Crippen molar-refractivity contribution in [2.75, 3.05) is 19.0 Å². The molecule has 0 spiro atoms. The normalized spacial score (nSPS) is 13.0. The van der Waals surface area contributed by atoms with Gasteiger partial charge in [0.1, 0.15) is 11.8 Å². The van der Waals surface area contributed by atoms with Crippen LogP contribution in [-0.4, -0.2) is 39.2 Å². The Morgan fingerprint density at radius 2 is 1.64 bits per heavy atom. The Morgan fingerprint density at radius 3 is 2.11 bits per heavy atom. The zero-order valence-corrected chi connectivity index (χ0v) is 17.2. The molecule has 0 saturated heterocycles. The quantitative estimate of drug-likeness (QED) is 0.654. The number of sulfonamides is 1. The molecule has 2 rings (SSSR count). The summed E-state index contributed by atoms with van der Waals surface area (Å²) in [6.45, 7) is 5.40. The number of carbonyl (C=O) groups is 1. The lowest BCUT2D eigenvalue weighted by atomic mass is 9.87. The number of hydrogen-bond donors (Lipinski definition) is 3. The molecule has 0 heterocycles. The summed E-state index contributed by atoms with van der Waals surface area (Å²) in [5.41, 5.74) is 1.34. The van der Waals surface area contributed by atoms with E-state index in [2.05, 4.69) is 10.0 Å². The van der Waals surface area contributed by atoms with Gasteiger partial charge in [0.05, 0.1) is 18.6 Å². The van der Waals surface area contributed by atoms with Crippen LogP contribution in [0.3, 0.4) is 0 Å². The maximum Gasteiger partial charge on any atom is 0.244 e. The van der Waals surface area contributed by atoms with Crippen molar-refractivity contribution in [2.24, 2.45) is 0 Å². The summed E-state index contributed by atoms with van der Waals surface area (Å²) < 4.78 is 32.5. The van der Waals surface area contributed by atoms with Crippen LogP contribution in [0.2, 0.25) is 0 Å². The van der Waals surface area contributed by atoms with E-state index < -0.39 is 28.6 Å². The molecule has 1 amide bonds. The second-order valence-corrected chi connectivity index (χ2v) is 9.06. The lowest BCUT2D eigenvalue weighted by molar-refractivity contribution is -0.118. The number of aliphatic hydroxyl groups is 1. The van der Waals surface area contributed by atoms with Gasteiger partial charge in [-0.2, -0.15) is 4.72 Å². The topological polar surface area (TPSA) is 105 Å². The lowest BCUT2D eigenvalue weighted by Gasteiger charge is -2.20. The minimum atomic E-state index is -3.97. The van der Waals surface area contributed by atoms with Crippen LogP contribution in [0, 0.1) is 0 Å². The summed E-state index contributed by atoms with van der Waals surface area (Å²) in [7, 11) is -2.45. The SMILES string of the molecule is COc1ccc(NC(=O)C(CO)NS(=O)(=O)c2ccc(C(C)(C)C)cc2)cc1. The van der Waals surface area contributed by atoms with Crippen LogP contribution in [0.15, 0.2) is 53.4 Å². The summed E-state index contributed by atoms with van der Waals surface area (Å²) in [6, 6.07) is 11.7. The van der Waals surface area contributed by atoms with Crippen molar-refractivity contribution in [3.05, 3.63) is 54.1 Å². The number of hydrogen-bond acceptors (Lipinski definition) is 5. The molecular formula is C20H26N2O5S. The third kappa shape index (κ3) is 5.54. The van der Waals surface area contributed by atoms with E-state index in [0.29, 0.717) is 11.4 Å². The van der Waals surface area contributed by atoms with E-state index in [1.165, 1.54) is 19.2 Å². The molecule has 0 aliphatic heterocycles. The highest BCUT2D eigenvalue weighted by molar-refractivity contribution is 7.89. The third-order valence-corrected chi connectivity index (χ3v) is 5.67. The Morgan fingerprint density at radius 1 is 1.07 bits per heavy atom. The first-order valence-corrected chi connectivity index (χ1v) is 10.2. The van der Waals surface area contributed by atoms with Gasteiger partial charge in [-0.3, -0.25) is 4.79 Å².